The van der Waals surface area contributed by atoms with Gasteiger partial charge in [0.05, 0.1) is 30.8 Å². The van der Waals surface area contributed by atoms with Crippen molar-refractivity contribution in [2.45, 2.75) is 65.3 Å². The van der Waals surface area contributed by atoms with Crippen LogP contribution in [0, 0.1) is 5.41 Å². The number of alkyl halides is 1. The molecule has 0 aromatic heterocycles. The van der Waals surface area contributed by atoms with Crippen molar-refractivity contribution in [2.24, 2.45) is 5.41 Å². The first kappa shape index (κ1) is 26.5. The van der Waals surface area contributed by atoms with E-state index in [1.807, 2.05) is 0 Å². The fourth-order valence-electron chi connectivity index (χ4n) is 3.37. The van der Waals surface area contributed by atoms with E-state index < -0.39 is 50.1 Å². The van der Waals surface area contributed by atoms with Crippen LogP contribution in [-0.2, 0) is 28.2 Å². The van der Waals surface area contributed by atoms with Crippen molar-refractivity contribution in [2.75, 3.05) is 19.9 Å². The molecule has 0 spiro atoms. The molecule has 12 heteroatoms. The molecule has 2 aliphatic heterocycles. The maximum Gasteiger partial charge on any atom is 0.323 e. The minimum absolute atomic E-state index is 0.135. The van der Waals surface area contributed by atoms with Crippen molar-refractivity contribution >= 4 is 19.4 Å². The average molecular weight is 477 g/mol. The molecular formula is C20H33FN3O7P. The molecule has 1 fully saturated rings. The van der Waals surface area contributed by atoms with Crippen molar-refractivity contribution in [1.82, 2.24) is 15.3 Å². The summed E-state index contributed by atoms with van der Waals surface area (Å²) in [7, 11) is -3.50. The molecule has 0 aromatic carbocycles. The van der Waals surface area contributed by atoms with E-state index in [0.717, 1.165) is 0 Å². The molecule has 0 saturated carbocycles. The lowest BCUT2D eigenvalue weighted by atomic mass is 9.82. The van der Waals surface area contributed by atoms with E-state index in [-0.39, 0.29) is 24.4 Å². The molecule has 10 nitrogen and oxygen atoms in total. The molecule has 0 bridgehead atoms. The van der Waals surface area contributed by atoms with Gasteiger partial charge in [0, 0.05) is 18.4 Å². The monoisotopic (exact) mass is 477 g/mol. The molecule has 2 aliphatic rings. The Labute approximate surface area is 187 Å². The van der Waals surface area contributed by atoms with Crippen molar-refractivity contribution in [3.05, 3.63) is 24.2 Å². The molecule has 2 unspecified atom stereocenters. The Hall–Kier alpha value is -1.78. The molecule has 6 atom stereocenters. The zero-order valence-corrected chi connectivity index (χ0v) is 20.1. The van der Waals surface area contributed by atoms with Crippen LogP contribution in [0.3, 0.4) is 0 Å². The molecule has 32 heavy (non-hydrogen) atoms. The number of rotatable bonds is 9. The first-order chi connectivity index (χ1) is 14.7. The van der Waals surface area contributed by atoms with Gasteiger partial charge in [-0.1, -0.05) is 13.5 Å². The standard InChI is InChI=1S/C20H33FN3O7P/c1-11(2)30-19(27)13(4)23-32(7,28)29-9-15-20(6,10-25)16(21)18(31-15)24-8-12(3)17(26)22-14(24)5/h8,11,13,15-16,18,25H,5,9-10H2,1-4,6-7H3,(H,22,26)(H,23,28)/t13-,15+,16?,18+,20-,32?/m0/s1. The van der Waals surface area contributed by atoms with Gasteiger partial charge in [-0.15, -0.1) is 0 Å². The van der Waals surface area contributed by atoms with Crippen LogP contribution in [0.4, 0.5) is 4.39 Å². The predicted octanol–water partition coefficient (Wildman–Crippen LogP) is 1.62. The Morgan fingerprint density at radius 2 is 2.12 bits per heavy atom. The lowest BCUT2D eigenvalue weighted by Crippen LogP contribution is -2.47. The van der Waals surface area contributed by atoms with E-state index in [4.69, 9.17) is 14.0 Å². The summed E-state index contributed by atoms with van der Waals surface area (Å²) in [6.45, 7) is 12.1. The molecule has 2 rings (SSSR count). The first-order valence-corrected chi connectivity index (χ1v) is 12.4. The first-order valence-electron chi connectivity index (χ1n) is 10.3. The van der Waals surface area contributed by atoms with Gasteiger partial charge in [0.25, 0.3) is 13.4 Å². The van der Waals surface area contributed by atoms with Gasteiger partial charge in [0.2, 0.25) is 0 Å². The van der Waals surface area contributed by atoms with Crippen LogP contribution >= 0.6 is 7.52 Å². The van der Waals surface area contributed by atoms with Gasteiger partial charge >= 0.3 is 5.97 Å². The molecule has 0 aliphatic carbocycles. The summed E-state index contributed by atoms with van der Waals surface area (Å²) in [5, 5.41) is 15.0. The number of carbonyl (C=O) groups excluding carboxylic acids is 2. The van der Waals surface area contributed by atoms with E-state index in [2.05, 4.69) is 17.0 Å². The van der Waals surface area contributed by atoms with Crippen molar-refractivity contribution in [1.29, 1.82) is 0 Å². The molecule has 3 N–H and O–H groups in total. The highest BCUT2D eigenvalue weighted by atomic mass is 31.2. The van der Waals surface area contributed by atoms with Crippen molar-refractivity contribution < 1.29 is 37.6 Å². The molecule has 1 amide bonds. The number of aliphatic hydroxyl groups is 1. The number of nitrogens with one attached hydrogen (secondary N) is 2. The third kappa shape index (κ3) is 5.77. The maximum atomic E-state index is 15.4. The van der Waals surface area contributed by atoms with Gasteiger partial charge in [0.15, 0.2) is 12.4 Å². The number of amides is 1. The molecule has 0 radical (unpaired) electrons. The van der Waals surface area contributed by atoms with Crippen molar-refractivity contribution in [3.63, 3.8) is 0 Å². The van der Waals surface area contributed by atoms with Crippen LogP contribution in [0.25, 0.3) is 0 Å². The zero-order valence-electron chi connectivity index (χ0n) is 19.3. The summed E-state index contributed by atoms with van der Waals surface area (Å²) in [5.74, 6) is -0.803. The number of hydrogen-bond acceptors (Lipinski definition) is 8. The highest BCUT2D eigenvalue weighted by Crippen LogP contribution is 2.46. The van der Waals surface area contributed by atoms with Crippen LogP contribution in [0.1, 0.15) is 34.6 Å². The second-order valence-electron chi connectivity index (χ2n) is 8.68. The predicted molar refractivity (Wildman–Crippen MR) is 115 cm³/mol. The van der Waals surface area contributed by atoms with E-state index in [1.54, 1.807) is 20.8 Å². The largest absolute Gasteiger partial charge is 0.462 e. The lowest BCUT2D eigenvalue weighted by Gasteiger charge is -2.34. The molecule has 2 heterocycles. The van der Waals surface area contributed by atoms with Gasteiger partial charge in [-0.25, -0.2) is 9.48 Å². The van der Waals surface area contributed by atoms with Crippen LogP contribution < -0.4 is 10.4 Å². The number of esters is 1. The van der Waals surface area contributed by atoms with E-state index >= 15 is 4.39 Å². The second kappa shape index (κ2) is 10.0. The van der Waals surface area contributed by atoms with Crippen LogP contribution in [0.5, 0.6) is 0 Å². The van der Waals surface area contributed by atoms with Gasteiger partial charge in [-0.3, -0.25) is 14.2 Å². The minimum Gasteiger partial charge on any atom is -0.462 e. The van der Waals surface area contributed by atoms with Gasteiger partial charge in [-0.05, 0) is 27.7 Å². The van der Waals surface area contributed by atoms with E-state index in [9.17, 15) is 19.3 Å². The fraction of sp³-hybridized carbons (Fsp3) is 0.700. The van der Waals surface area contributed by atoms with E-state index in [1.165, 1.54) is 31.6 Å². The van der Waals surface area contributed by atoms with Crippen LogP contribution in [0.15, 0.2) is 24.2 Å². The smallest absolute Gasteiger partial charge is 0.323 e. The summed E-state index contributed by atoms with van der Waals surface area (Å²) in [5.41, 5.74) is -1.04. The Kier molecular flexibility index (Phi) is 8.28. The maximum absolute atomic E-state index is 15.4. The Morgan fingerprint density at radius 1 is 1.50 bits per heavy atom. The molecule has 1 saturated heterocycles. The quantitative estimate of drug-likeness (QED) is 0.335. The zero-order chi connectivity index (χ0) is 24.4. The number of carbonyl (C=O) groups is 2. The minimum atomic E-state index is -3.50. The number of ether oxygens (including phenoxy) is 2. The third-order valence-electron chi connectivity index (χ3n) is 5.40. The third-order valence-corrected chi connectivity index (χ3v) is 6.90. The van der Waals surface area contributed by atoms with E-state index in [0.29, 0.717) is 5.57 Å². The van der Waals surface area contributed by atoms with Gasteiger partial charge in [-0.2, -0.15) is 0 Å². The van der Waals surface area contributed by atoms with Gasteiger partial charge < -0.3 is 29.3 Å². The number of halogens is 1. The number of aliphatic hydroxyl groups excluding tert-OH is 1. The lowest BCUT2D eigenvalue weighted by molar-refractivity contribution is -0.149. The normalized spacial score (nSPS) is 31.2. The van der Waals surface area contributed by atoms with Crippen LogP contribution in [0.2, 0.25) is 0 Å². The van der Waals surface area contributed by atoms with Crippen molar-refractivity contribution in [3.8, 4) is 0 Å². The molecule has 182 valence electrons. The molecule has 0 aromatic rings. The van der Waals surface area contributed by atoms with Gasteiger partial charge in [0.1, 0.15) is 11.9 Å². The number of hydrogen-bond donors (Lipinski definition) is 3. The van der Waals surface area contributed by atoms with Crippen LogP contribution in [-0.4, -0.2) is 72.4 Å². The second-order valence-corrected chi connectivity index (χ2v) is 10.9. The summed E-state index contributed by atoms with van der Waals surface area (Å²) in [6, 6.07) is -0.892. The Balaban J connectivity index is 2.10. The Morgan fingerprint density at radius 3 is 2.69 bits per heavy atom. The SMILES string of the molecule is C=C1NC(=O)C(C)=CN1[C@@H]1O[C@H](COP(C)(=O)N[C@@H](C)C(=O)OC(C)C)[C@](C)(CO)C1F. The summed E-state index contributed by atoms with van der Waals surface area (Å²) < 4.78 is 44.7. The molecular weight excluding hydrogens is 444 g/mol. The topological polar surface area (TPSA) is 126 Å². The highest BCUT2D eigenvalue weighted by molar-refractivity contribution is 7.56. The average Bonchev–Trinajstić information content (AvgIpc) is 2.93. The summed E-state index contributed by atoms with van der Waals surface area (Å²) in [4.78, 5) is 25.1. The number of nitrogens with zero attached hydrogens (tertiary/aromatic N) is 1. The summed E-state index contributed by atoms with van der Waals surface area (Å²) in [6.07, 6.45) is -2.74. The summed E-state index contributed by atoms with van der Waals surface area (Å²) >= 11 is 0. The highest BCUT2D eigenvalue weighted by Gasteiger charge is 2.56. The Bertz CT molecular complexity index is 836. The fourth-order valence-corrected chi connectivity index (χ4v) is 4.68.